The predicted molar refractivity (Wildman–Crippen MR) is 111 cm³/mol. The molecule has 7 heteroatoms. The van der Waals surface area contributed by atoms with Crippen LogP contribution in [0.3, 0.4) is 0 Å². The average molecular weight is 396 g/mol. The lowest BCUT2D eigenvalue weighted by molar-refractivity contribution is 0.0727. The smallest absolute Gasteiger partial charge is 0.274 e. The summed E-state index contributed by atoms with van der Waals surface area (Å²) in [4.78, 5) is 14.7. The number of aromatic nitrogens is 2. The minimum atomic E-state index is -0.0952. The summed E-state index contributed by atoms with van der Waals surface area (Å²) in [5, 5.41) is 11.9. The number of ether oxygens (including phenoxy) is 2. The normalized spacial score (nSPS) is 16.8. The molecule has 1 aliphatic carbocycles. The summed E-state index contributed by atoms with van der Waals surface area (Å²) in [6.07, 6.45) is 6.95. The Balaban J connectivity index is 1.43. The maximum Gasteiger partial charge on any atom is 0.274 e. The van der Waals surface area contributed by atoms with Crippen LogP contribution in [-0.4, -0.2) is 47.8 Å². The Morgan fingerprint density at radius 3 is 2.41 bits per heavy atom. The highest BCUT2D eigenvalue weighted by molar-refractivity contribution is 5.92. The number of hydrogen-bond acceptors (Lipinski definition) is 6. The molecule has 1 aromatic carbocycles. The van der Waals surface area contributed by atoms with E-state index in [1.54, 1.807) is 20.3 Å². The summed E-state index contributed by atoms with van der Waals surface area (Å²) in [6.45, 7) is 1.17. The van der Waals surface area contributed by atoms with Gasteiger partial charge in [0.25, 0.3) is 5.91 Å². The molecule has 1 aliphatic heterocycles. The van der Waals surface area contributed by atoms with Crippen LogP contribution in [0.25, 0.3) is 0 Å². The first-order valence-corrected chi connectivity index (χ1v) is 10.3. The Morgan fingerprint density at radius 1 is 1.03 bits per heavy atom. The zero-order valence-electron chi connectivity index (χ0n) is 17.1. The molecule has 154 valence electrons. The third-order valence-electron chi connectivity index (χ3n) is 5.85. The molecule has 1 fully saturated rings. The summed E-state index contributed by atoms with van der Waals surface area (Å²) >= 11 is 0. The van der Waals surface area contributed by atoms with E-state index < -0.39 is 0 Å². The number of hydrogen-bond donors (Lipinski definition) is 1. The lowest BCUT2D eigenvalue weighted by Gasteiger charge is -2.29. The predicted octanol–water partition coefficient (Wildman–Crippen LogP) is 3.44. The summed E-state index contributed by atoms with van der Waals surface area (Å²) in [7, 11) is 3.25. The third kappa shape index (κ3) is 4.28. The van der Waals surface area contributed by atoms with Gasteiger partial charge in [0.05, 0.1) is 14.2 Å². The Bertz CT molecular complexity index is 863. The van der Waals surface area contributed by atoms with Crippen molar-refractivity contribution in [3.8, 4) is 11.5 Å². The van der Waals surface area contributed by atoms with Crippen molar-refractivity contribution in [1.82, 2.24) is 15.1 Å². The summed E-state index contributed by atoms with van der Waals surface area (Å²) in [5.74, 6) is 2.05. The van der Waals surface area contributed by atoms with Gasteiger partial charge in [-0.3, -0.25) is 4.79 Å². The Labute approximate surface area is 171 Å². The van der Waals surface area contributed by atoms with Gasteiger partial charge in [0, 0.05) is 19.1 Å². The van der Waals surface area contributed by atoms with Gasteiger partial charge in [0.1, 0.15) is 5.82 Å². The number of carbonyl (C=O) groups excluding carboxylic acids is 1. The maximum atomic E-state index is 12.9. The standard InChI is InChI=1S/C22H28N4O3/c1-28-19-12-15-10-11-26(14-16(15)13-20(19)29-2)22(27)18-8-9-21(25-24-18)23-17-6-4-3-5-7-17/h8-9,12-13,17H,3-7,10-11,14H2,1-2H3,(H,23,25). The average Bonchev–Trinajstić information content (AvgIpc) is 2.78. The zero-order valence-corrected chi connectivity index (χ0v) is 17.1. The zero-order chi connectivity index (χ0) is 20.2. The number of rotatable bonds is 5. The minimum absolute atomic E-state index is 0.0952. The number of amides is 1. The number of methoxy groups -OCH3 is 2. The molecule has 1 N–H and O–H groups in total. The van der Waals surface area contributed by atoms with Crippen molar-refractivity contribution in [2.75, 3.05) is 26.1 Å². The number of nitrogens with zero attached hydrogens (tertiary/aromatic N) is 3. The van der Waals surface area contributed by atoms with E-state index in [4.69, 9.17) is 9.47 Å². The molecular weight excluding hydrogens is 368 g/mol. The van der Waals surface area contributed by atoms with Gasteiger partial charge in [-0.25, -0.2) is 0 Å². The molecule has 1 saturated carbocycles. The SMILES string of the molecule is COc1cc2c(cc1OC)CN(C(=O)c1ccc(NC3CCCCC3)nn1)CC2. The summed E-state index contributed by atoms with van der Waals surface area (Å²) < 4.78 is 10.8. The minimum Gasteiger partial charge on any atom is -0.493 e. The highest BCUT2D eigenvalue weighted by Gasteiger charge is 2.25. The van der Waals surface area contributed by atoms with Gasteiger partial charge in [-0.1, -0.05) is 19.3 Å². The van der Waals surface area contributed by atoms with Crippen molar-refractivity contribution in [2.24, 2.45) is 0 Å². The highest BCUT2D eigenvalue weighted by atomic mass is 16.5. The van der Waals surface area contributed by atoms with Crippen LogP contribution in [0.4, 0.5) is 5.82 Å². The van der Waals surface area contributed by atoms with Crippen molar-refractivity contribution in [3.05, 3.63) is 41.1 Å². The van der Waals surface area contributed by atoms with Gasteiger partial charge in [0.15, 0.2) is 17.2 Å². The lowest BCUT2D eigenvalue weighted by atomic mass is 9.95. The van der Waals surface area contributed by atoms with Crippen molar-refractivity contribution in [1.29, 1.82) is 0 Å². The molecule has 2 aromatic rings. The van der Waals surface area contributed by atoms with Crippen molar-refractivity contribution in [2.45, 2.75) is 51.1 Å². The fourth-order valence-corrected chi connectivity index (χ4v) is 4.20. The van der Waals surface area contributed by atoms with E-state index in [9.17, 15) is 4.79 Å². The molecule has 7 nitrogen and oxygen atoms in total. The first-order valence-electron chi connectivity index (χ1n) is 10.3. The molecule has 0 saturated heterocycles. The Kier molecular flexibility index (Phi) is 5.83. The molecule has 0 unspecified atom stereocenters. The molecule has 1 aromatic heterocycles. The molecule has 1 amide bonds. The number of benzene rings is 1. The first-order chi connectivity index (χ1) is 14.2. The van der Waals surface area contributed by atoms with E-state index in [-0.39, 0.29) is 5.91 Å². The van der Waals surface area contributed by atoms with E-state index in [0.29, 0.717) is 30.6 Å². The second-order valence-electron chi connectivity index (χ2n) is 7.74. The Hall–Kier alpha value is -2.83. The molecule has 2 heterocycles. The fraction of sp³-hybridized carbons (Fsp3) is 0.500. The largest absolute Gasteiger partial charge is 0.493 e. The number of anilines is 1. The van der Waals surface area contributed by atoms with Crippen LogP contribution < -0.4 is 14.8 Å². The molecule has 4 rings (SSSR count). The number of carbonyl (C=O) groups is 1. The molecule has 0 radical (unpaired) electrons. The van der Waals surface area contributed by atoms with Crippen LogP contribution in [-0.2, 0) is 13.0 Å². The second-order valence-corrected chi connectivity index (χ2v) is 7.74. The monoisotopic (exact) mass is 396 g/mol. The second kappa shape index (κ2) is 8.68. The van der Waals surface area contributed by atoms with Crippen molar-refractivity contribution >= 4 is 11.7 Å². The van der Waals surface area contributed by atoms with Gasteiger partial charge < -0.3 is 19.7 Å². The molecule has 0 atom stereocenters. The van der Waals surface area contributed by atoms with Crippen LogP contribution >= 0.6 is 0 Å². The quantitative estimate of drug-likeness (QED) is 0.834. The van der Waals surface area contributed by atoms with Gasteiger partial charge in [-0.05, 0) is 54.7 Å². The first kappa shape index (κ1) is 19.5. The van der Waals surface area contributed by atoms with Gasteiger partial charge in [-0.15, -0.1) is 10.2 Å². The maximum absolute atomic E-state index is 12.9. The number of nitrogens with one attached hydrogen (secondary N) is 1. The van der Waals surface area contributed by atoms with Gasteiger partial charge in [0.2, 0.25) is 0 Å². The molecular formula is C22H28N4O3. The van der Waals surface area contributed by atoms with Crippen LogP contribution in [0.2, 0.25) is 0 Å². The molecule has 0 bridgehead atoms. The highest BCUT2D eigenvalue weighted by Crippen LogP contribution is 2.33. The van der Waals surface area contributed by atoms with Gasteiger partial charge in [-0.2, -0.15) is 0 Å². The van der Waals surface area contributed by atoms with Crippen LogP contribution in [0, 0.1) is 0 Å². The van der Waals surface area contributed by atoms with E-state index in [2.05, 4.69) is 15.5 Å². The van der Waals surface area contributed by atoms with Crippen molar-refractivity contribution in [3.63, 3.8) is 0 Å². The van der Waals surface area contributed by atoms with E-state index in [0.717, 1.165) is 23.6 Å². The molecule has 29 heavy (non-hydrogen) atoms. The van der Waals surface area contributed by atoms with Gasteiger partial charge >= 0.3 is 0 Å². The topological polar surface area (TPSA) is 76.6 Å². The third-order valence-corrected chi connectivity index (χ3v) is 5.85. The number of fused-ring (bicyclic) bond motifs is 1. The molecule has 2 aliphatic rings. The lowest BCUT2D eigenvalue weighted by Crippen LogP contribution is -2.36. The van der Waals surface area contributed by atoms with Crippen LogP contribution in [0.1, 0.15) is 53.7 Å². The van der Waals surface area contributed by atoms with Crippen LogP contribution in [0.15, 0.2) is 24.3 Å². The Morgan fingerprint density at radius 2 is 1.76 bits per heavy atom. The van der Waals surface area contributed by atoms with Crippen LogP contribution in [0.5, 0.6) is 11.5 Å². The molecule has 0 spiro atoms. The summed E-state index contributed by atoms with van der Waals surface area (Å²) in [5.41, 5.74) is 2.64. The van der Waals surface area contributed by atoms with E-state index in [1.807, 2.05) is 23.1 Å². The van der Waals surface area contributed by atoms with E-state index in [1.165, 1.54) is 37.7 Å². The van der Waals surface area contributed by atoms with E-state index >= 15 is 0 Å². The fourth-order valence-electron chi connectivity index (χ4n) is 4.20. The van der Waals surface area contributed by atoms with Crippen molar-refractivity contribution < 1.29 is 14.3 Å². The summed E-state index contributed by atoms with van der Waals surface area (Å²) in [6, 6.07) is 8.05.